The molecule has 0 bridgehead atoms. The monoisotopic (exact) mass is 563 g/mol. The van der Waals surface area contributed by atoms with Crippen LogP contribution in [0.1, 0.15) is 52.1 Å². The number of aryl methyl sites for hydroxylation is 1. The van der Waals surface area contributed by atoms with Gasteiger partial charge in [0.1, 0.15) is 17.6 Å². The highest BCUT2D eigenvalue weighted by Crippen LogP contribution is 2.43. The van der Waals surface area contributed by atoms with Crippen molar-refractivity contribution in [3.8, 4) is 0 Å². The van der Waals surface area contributed by atoms with E-state index < -0.39 is 40.9 Å². The molecule has 1 aliphatic rings. The average molecular weight is 564 g/mol. The second-order valence-electron chi connectivity index (χ2n) is 8.71. The molecule has 0 radical (unpaired) electrons. The highest BCUT2D eigenvalue weighted by atomic mass is 35.5. The normalized spacial score (nSPS) is 16.1. The topological polar surface area (TPSA) is 26.0 Å². The van der Waals surface area contributed by atoms with Crippen LogP contribution in [0.5, 0.6) is 0 Å². The van der Waals surface area contributed by atoms with Crippen molar-refractivity contribution in [2.75, 3.05) is 0 Å². The van der Waals surface area contributed by atoms with Gasteiger partial charge in [-0.25, -0.2) is 8.78 Å². The van der Waals surface area contributed by atoms with Crippen molar-refractivity contribution in [1.29, 1.82) is 0 Å². The molecule has 2 aromatic rings. The Hall–Kier alpha value is -2.55. The SMILES string of the molecule is C=C(C1=C(Cl)CCC=C1F)c1ccc(/C(F)=C/C(c2cc(C)c(C)c(Cl)c2)C(F)(F)F)cc1C(N)(F)F. The van der Waals surface area contributed by atoms with Crippen LogP contribution in [0, 0.1) is 13.8 Å². The highest BCUT2D eigenvalue weighted by molar-refractivity contribution is 6.31. The van der Waals surface area contributed by atoms with Gasteiger partial charge in [-0.3, -0.25) is 5.73 Å². The van der Waals surface area contributed by atoms with Crippen LogP contribution in [-0.2, 0) is 6.05 Å². The summed E-state index contributed by atoms with van der Waals surface area (Å²) in [7, 11) is 0. The molecule has 37 heavy (non-hydrogen) atoms. The molecule has 0 heterocycles. The van der Waals surface area contributed by atoms with Crippen molar-refractivity contribution >= 4 is 34.6 Å². The minimum atomic E-state index is -4.91. The summed E-state index contributed by atoms with van der Waals surface area (Å²) in [5.74, 6) is -4.59. The van der Waals surface area contributed by atoms with Crippen molar-refractivity contribution in [3.63, 3.8) is 0 Å². The summed E-state index contributed by atoms with van der Waals surface area (Å²) in [6, 6.07) is 0.867. The van der Waals surface area contributed by atoms with E-state index in [4.69, 9.17) is 28.9 Å². The molecular weight excluding hydrogens is 542 g/mol. The van der Waals surface area contributed by atoms with Crippen LogP contribution in [0.3, 0.4) is 0 Å². The smallest absolute Gasteiger partial charge is 0.268 e. The van der Waals surface area contributed by atoms with Crippen molar-refractivity contribution in [2.45, 2.75) is 44.8 Å². The minimum Gasteiger partial charge on any atom is -0.268 e. The largest absolute Gasteiger partial charge is 0.399 e. The molecule has 0 spiro atoms. The summed E-state index contributed by atoms with van der Waals surface area (Å²) in [6.07, 6.45) is -2.84. The molecule has 198 valence electrons. The molecule has 3 rings (SSSR count). The molecule has 10 heteroatoms. The Labute approximate surface area is 219 Å². The molecule has 0 amide bonds. The maximum Gasteiger partial charge on any atom is 0.399 e. The third-order valence-corrected chi connectivity index (χ3v) is 6.90. The molecule has 0 saturated heterocycles. The number of allylic oxidation sites excluding steroid dienone is 6. The Morgan fingerprint density at radius 1 is 1.08 bits per heavy atom. The zero-order chi connectivity index (χ0) is 27.9. The van der Waals surface area contributed by atoms with Gasteiger partial charge in [0.2, 0.25) is 0 Å². The lowest BCUT2D eigenvalue weighted by molar-refractivity contribution is -0.139. The van der Waals surface area contributed by atoms with Gasteiger partial charge in [0.15, 0.2) is 0 Å². The lowest BCUT2D eigenvalue weighted by Crippen LogP contribution is -2.27. The van der Waals surface area contributed by atoms with E-state index in [1.54, 1.807) is 13.8 Å². The molecular formula is C27H22Cl2F7N. The van der Waals surface area contributed by atoms with Gasteiger partial charge in [-0.2, -0.15) is 22.0 Å². The molecule has 0 aliphatic heterocycles. The third-order valence-electron chi connectivity index (χ3n) is 6.13. The standard InChI is InChI=1S/C27H22Cl2F7N/c1-13-9-17(11-22(29)14(13)2)19(26(32,33)34)12-24(31)16-7-8-18(20(10-16)27(35,36)37)15(3)25-21(28)5-4-6-23(25)30/h6-12,19H,3-5,37H2,1-2H3/b24-12-. The van der Waals surface area contributed by atoms with Crippen molar-refractivity contribution < 1.29 is 30.7 Å². The molecule has 1 unspecified atom stereocenters. The highest BCUT2D eigenvalue weighted by Gasteiger charge is 2.40. The first-order valence-electron chi connectivity index (χ1n) is 11.0. The quantitative estimate of drug-likeness (QED) is 0.274. The lowest BCUT2D eigenvalue weighted by atomic mass is 9.89. The van der Waals surface area contributed by atoms with E-state index in [1.807, 2.05) is 0 Å². The summed E-state index contributed by atoms with van der Waals surface area (Å²) in [5.41, 5.74) is 3.47. The maximum absolute atomic E-state index is 15.2. The van der Waals surface area contributed by atoms with E-state index in [1.165, 1.54) is 12.1 Å². The van der Waals surface area contributed by atoms with Crippen LogP contribution in [-0.4, -0.2) is 6.18 Å². The van der Waals surface area contributed by atoms with Crippen molar-refractivity contribution in [2.24, 2.45) is 5.73 Å². The van der Waals surface area contributed by atoms with E-state index >= 15 is 4.39 Å². The molecule has 2 aromatic carbocycles. The number of nitrogens with two attached hydrogens (primary N) is 1. The van der Waals surface area contributed by atoms with E-state index in [0.29, 0.717) is 23.6 Å². The summed E-state index contributed by atoms with van der Waals surface area (Å²) in [5, 5.41) is 0.134. The van der Waals surface area contributed by atoms with Gasteiger partial charge in [-0.05, 0) is 78.8 Å². The summed E-state index contributed by atoms with van der Waals surface area (Å²) < 4.78 is 100. The van der Waals surface area contributed by atoms with Gasteiger partial charge >= 0.3 is 12.2 Å². The fourth-order valence-electron chi connectivity index (χ4n) is 4.00. The van der Waals surface area contributed by atoms with E-state index in [9.17, 15) is 26.3 Å². The van der Waals surface area contributed by atoms with Crippen molar-refractivity contribution in [3.05, 3.63) is 104 Å². The second kappa shape index (κ2) is 10.7. The Morgan fingerprint density at radius 3 is 2.27 bits per heavy atom. The van der Waals surface area contributed by atoms with Gasteiger partial charge < -0.3 is 0 Å². The molecule has 1 aliphatic carbocycles. The fraction of sp³-hybridized carbons (Fsp3) is 0.259. The van der Waals surface area contributed by atoms with Crippen LogP contribution in [0.15, 0.2) is 65.5 Å². The molecule has 2 N–H and O–H groups in total. The predicted molar refractivity (Wildman–Crippen MR) is 134 cm³/mol. The molecule has 1 atom stereocenters. The summed E-state index contributed by atoms with van der Waals surface area (Å²) in [6.45, 7) is 6.85. The number of halogens is 9. The van der Waals surface area contributed by atoms with Gasteiger partial charge in [-0.1, -0.05) is 48.0 Å². The Balaban J connectivity index is 2.12. The molecule has 0 fully saturated rings. The van der Waals surface area contributed by atoms with Crippen LogP contribution >= 0.6 is 23.2 Å². The first-order valence-corrected chi connectivity index (χ1v) is 11.7. The fourth-order valence-corrected chi connectivity index (χ4v) is 4.59. The Morgan fingerprint density at radius 2 is 1.73 bits per heavy atom. The number of hydrogen-bond acceptors (Lipinski definition) is 1. The van der Waals surface area contributed by atoms with Gasteiger partial charge in [-0.15, -0.1) is 0 Å². The van der Waals surface area contributed by atoms with Gasteiger partial charge in [0.05, 0.1) is 0 Å². The van der Waals surface area contributed by atoms with Gasteiger partial charge in [0.25, 0.3) is 0 Å². The predicted octanol–water partition coefficient (Wildman–Crippen LogP) is 9.77. The summed E-state index contributed by atoms with van der Waals surface area (Å²) >= 11 is 12.1. The molecule has 0 saturated carbocycles. The Kier molecular flexibility index (Phi) is 8.37. The van der Waals surface area contributed by atoms with Crippen molar-refractivity contribution in [1.82, 2.24) is 0 Å². The lowest BCUT2D eigenvalue weighted by Gasteiger charge is -2.22. The zero-order valence-electron chi connectivity index (χ0n) is 19.7. The first-order chi connectivity index (χ1) is 17.0. The van der Waals surface area contributed by atoms with Crippen LogP contribution in [0.25, 0.3) is 11.4 Å². The first kappa shape index (κ1) is 29.0. The Bertz CT molecular complexity index is 1310. The van der Waals surface area contributed by atoms with Crippen LogP contribution in [0.2, 0.25) is 5.02 Å². The molecule has 0 aromatic heterocycles. The number of rotatable bonds is 6. The third kappa shape index (κ3) is 6.30. The van der Waals surface area contributed by atoms with E-state index in [-0.39, 0.29) is 44.8 Å². The maximum atomic E-state index is 15.2. The zero-order valence-corrected chi connectivity index (χ0v) is 21.2. The van der Waals surface area contributed by atoms with E-state index in [0.717, 1.165) is 18.2 Å². The average Bonchev–Trinajstić information content (AvgIpc) is 2.78. The van der Waals surface area contributed by atoms with E-state index in [2.05, 4.69) is 6.58 Å². The number of alkyl halides is 5. The van der Waals surface area contributed by atoms with Crippen LogP contribution in [0.4, 0.5) is 30.7 Å². The van der Waals surface area contributed by atoms with Gasteiger partial charge in [0, 0.05) is 26.8 Å². The van der Waals surface area contributed by atoms with Crippen LogP contribution < -0.4 is 5.73 Å². The molecule has 1 nitrogen and oxygen atoms in total. The second-order valence-corrected chi connectivity index (χ2v) is 9.57. The summed E-state index contributed by atoms with van der Waals surface area (Å²) in [4.78, 5) is 0. The number of benzene rings is 2. The number of hydrogen-bond donors (Lipinski definition) is 1. The minimum absolute atomic E-state index is 0.0616.